The van der Waals surface area contributed by atoms with Crippen molar-refractivity contribution in [3.63, 3.8) is 0 Å². The van der Waals surface area contributed by atoms with Crippen molar-refractivity contribution in [2.45, 2.75) is 13.3 Å². The highest BCUT2D eigenvalue weighted by atomic mass is 79.9. The Labute approximate surface area is 108 Å². The van der Waals surface area contributed by atoms with Crippen molar-refractivity contribution in [1.82, 2.24) is 9.97 Å². The first-order valence-corrected chi connectivity index (χ1v) is 6.26. The highest BCUT2D eigenvalue weighted by Gasteiger charge is 2.04. The van der Waals surface area contributed by atoms with E-state index in [-0.39, 0.29) is 0 Å². The molecule has 82 valence electrons. The third kappa shape index (κ3) is 2.39. The van der Waals surface area contributed by atoms with Crippen LogP contribution in [-0.2, 0) is 6.42 Å². The minimum absolute atomic E-state index is 0.626. The second-order valence-electron chi connectivity index (χ2n) is 3.43. The van der Waals surface area contributed by atoms with Crippen molar-refractivity contribution in [2.75, 3.05) is 0 Å². The van der Waals surface area contributed by atoms with E-state index in [0.717, 1.165) is 28.0 Å². The zero-order valence-corrected chi connectivity index (χ0v) is 11.2. The smallest absolute Gasteiger partial charge is 0.140 e. The molecule has 0 aliphatic heterocycles. The molecular formula is C12H11BrN2S. The fourth-order valence-electron chi connectivity index (χ4n) is 1.48. The Morgan fingerprint density at radius 1 is 1.38 bits per heavy atom. The largest absolute Gasteiger partial charge is 0.343 e. The van der Waals surface area contributed by atoms with Crippen molar-refractivity contribution >= 4 is 28.1 Å². The van der Waals surface area contributed by atoms with E-state index in [9.17, 15) is 0 Å². The minimum atomic E-state index is 0.626. The third-order valence-corrected chi connectivity index (χ3v) is 3.21. The average molecular weight is 295 g/mol. The highest BCUT2D eigenvalue weighted by Crippen LogP contribution is 2.24. The monoisotopic (exact) mass is 294 g/mol. The van der Waals surface area contributed by atoms with Crippen LogP contribution in [0.1, 0.15) is 12.6 Å². The van der Waals surface area contributed by atoms with Gasteiger partial charge in [0.1, 0.15) is 10.5 Å². The van der Waals surface area contributed by atoms with E-state index < -0.39 is 0 Å². The Morgan fingerprint density at radius 2 is 2.12 bits per heavy atom. The number of hydrogen-bond donors (Lipinski definition) is 1. The van der Waals surface area contributed by atoms with E-state index in [0.29, 0.717) is 4.64 Å². The lowest BCUT2D eigenvalue weighted by atomic mass is 10.2. The molecule has 2 rings (SSSR count). The molecule has 0 aliphatic rings. The molecule has 0 amide bonds. The number of H-pyrrole nitrogens is 1. The fourth-order valence-corrected chi connectivity index (χ4v) is 2.19. The van der Waals surface area contributed by atoms with Crippen LogP contribution in [0.3, 0.4) is 0 Å². The molecule has 1 aromatic carbocycles. The van der Waals surface area contributed by atoms with Crippen LogP contribution in [0.4, 0.5) is 0 Å². The number of aryl methyl sites for hydroxylation is 1. The number of nitrogens with one attached hydrogen (secondary N) is 1. The number of benzene rings is 1. The van der Waals surface area contributed by atoms with E-state index in [1.165, 1.54) is 0 Å². The second kappa shape index (κ2) is 4.89. The van der Waals surface area contributed by atoms with E-state index in [4.69, 9.17) is 12.2 Å². The number of nitrogens with zero attached hydrogens (tertiary/aromatic N) is 1. The lowest BCUT2D eigenvalue weighted by Gasteiger charge is -2.05. The first kappa shape index (κ1) is 11.5. The summed E-state index contributed by atoms with van der Waals surface area (Å²) in [7, 11) is 0. The van der Waals surface area contributed by atoms with Crippen LogP contribution in [-0.4, -0.2) is 9.97 Å². The third-order valence-electron chi connectivity index (χ3n) is 2.31. The van der Waals surface area contributed by atoms with Gasteiger partial charge in [-0.1, -0.05) is 53.3 Å². The van der Waals surface area contributed by atoms with Crippen LogP contribution in [0.15, 0.2) is 34.8 Å². The molecule has 1 N–H and O–H groups in total. The number of aromatic amines is 1. The molecule has 0 bridgehead atoms. The van der Waals surface area contributed by atoms with Crippen molar-refractivity contribution in [1.29, 1.82) is 0 Å². The molecule has 2 aromatic rings. The van der Waals surface area contributed by atoms with Gasteiger partial charge in [-0.3, -0.25) is 0 Å². The summed E-state index contributed by atoms with van der Waals surface area (Å²) in [5.41, 5.74) is 2.13. The van der Waals surface area contributed by atoms with Crippen molar-refractivity contribution in [2.24, 2.45) is 0 Å². The summed E-state index contributed by atoms with van der Waals surface area (Å²) in [5, 5.41) is 0. The lowest BCUT2D eigenvalue weighted by molar-refractivity contribution is 0.998. The van der Waals surface area contributed by atoms with Gasteiger partial charge < -0.3 is 4.98 Å². The fraction of sp³-hybridized carbons (Fsp3) is 0.167. The molecule has 0 saturated heterocycles. The SMILES string of the molecule is CCc1cc(=S)nc(-c2ccccc2Br)[nH]1. The maximum absolute atomic E-state index is 5.15. The minimum Gasteiger partial charge on any atom is -0.343 e. The molecular weight excluding hydrogens is 284 g/mol. The van der Waals surface area contributed by atoms with Crippen LogP contribution in [0.25, 0.3) is 11.4 Å². The number of aromatic nitrogens is 2. The molecule has 0 atom stereocenters. The number of hydrogen-bond acceptors (Lipinski definition) is 2. The average Bonchev–Trinajstić information content (AvgIpc) is 2.28. The van der Waals surface area contributed by atoms with E-state index >= 15 is 0 Å². The molecule has 0 aliphatic carbocycles. The summed E-state index contributed by atoms with van der Waals surface area (Å²) in [6, 6.07) is 9.86. The summed E-state index contributed by atoms with van der Waals surface area (Å²) >= 11 is 8.66. The maximum Gasteiger partial charge on any atom is 0.140 e. The first-order valence-electron chi connectivity index (χ1n) is 5.06. The summed E-state index contributed by atoms with van der Waals surface area (Å²) < 4.78 is 1.64. The van der Waals surface area contributed by atoms with Crippen molar-refractivity contribution in [3.8, 4) is 11.4 Å². The highest BCUT2D eigenvalue weighted by molar-refractivity contribution is 9.10. The van der Waals surface area contributed by atoms with E-state index in [2.05, 4.69) is 32.8 Å². The van der Waals surface area contributed by atoms with Crippen LogP contribution < -0.4 is 0 Å². The van der Waals surface area contributed by atoms with Gasteiger partial charge in [0.15, 0.2) is 0 Å². The molecule has 0 saturated carbocycles. The second-order valence-corrected chi connectivity index (χ2v) is 4.70. The van der Waals surface area contributed by atoms with Gasteiger partial charge in [0.25, 0.3) is 0 Å². The predicted octanol–water partition coefficient (Wildman–Crippen LogP) is 4.13. The molecule has 0 spiro atoms. The summed E-state index contributed by atoms with van der Waals surface area (Å²) in [4.78, 5) is 7.63. The van der Waals surface area contributed by atoms with Gasteiger partial charge in [-0.2, -0.15) is 0 Å². The Kier molecular flexibility index (Phi) is 3.51. The van der Waals surface area contributed by atoms with Gasteiger partial charge in [0.05, 0.1) is 0 Å². The van der Waals surface area contributed by atoms with E-state index in [1.54, 1.807) is 0 Å². The molecule has 4 heteroatoms. The van der Waals surface area contributed by atoms with Gasteiger partial charge in [-0.15, -0.1) is 0 Å². The molecule has 1 aromatic heterocycles. The van der Waals surface area contributed by atoms with Gasteiger partial charge in [-0.05, 0) is 18.6 Å². The van der Waals surface area contributed by atoms with Gasteiger partial charge in [0.2, 0.25) is 0 Å². The molecule has 0 unspecified atom stereocenters. The summed E-state index contributed by atoms with van der Waals surface area (Å²) in [6.07, 6.45) is 0.920. The summed E-state index contributed by atoms with van der Waals surface area (Å²) in [6.45, 7) is 2.09. The lowest BCUT2D eigenvalue weighted by Crippen LogP contribution is -1.95. The summed E-state index contributed by atoms with van der Waals surface area (Å²) in [5.74, 6) is 0.817. The van der Waals surface area contributed by atoms with Crippen LogP contribution in [0.5, 0.6) is 0 Å². The number of halogens is 1. The Hall–Kier alpha value is -1.000. The standard InChI is InChI=1S/C12H11BrN2S/c1-2-8-7-11(16)15-12(14-8)9-5-3-4-6-10(9)13/h3-7H,2H2,1H3,(H,14,15,16). The maximum atomic E-state index is 5.15. The van der Waals surface area contributed by atoms with Crippen molar-refractivity contribution in [3.05, 3.63) is 45.1 Å². The Bertz CT molecular complexity index is 563. The van der Waals surface area contributed by atoms with Gasteiger partial charge in [-0.25, -0.2) is 4.98 Å². The topological polar surface area (TPSA) is 28.7 Å². The van der Waals surface area contributed by atoms with Gasteiger partial charge >= 0.3 is 0 Å². The molecule has 1 heterocycles. The van der Waals surface area contributed by atoms with Crippen LogP contribution in [0.2, 0.25) is 0 Å². The predicted molar refractivity (Wildman–Crippen MR) is 71.9 cm³/mol. The van der Waals surface area contributed by atoms with Gasteiger partial charge in [0, 0.05) is 15.7 Å². The van der Waals surface area contributed by atoms with Crippen molar-refractivity contribution < 1.29 is 0 Å². The Balaban J connectivity index is 2.60. The first-order chi connectivity index (χ1) is 7.70. The molecule has 0 radical (unpaired) electrons. The normalized spacial score (nSPS) is 10.4. The van der Waals surface area contributed by atoms with Crippen LogP contribution in [0, 0.1) is 4.64 Å². The molecule has 16 heavy (non-hydrogen) atoms. The van der Waals surface area contributed by atoms with E-state index in [1.807, 2.05) is 30.3 Å². The quantitative estimate of drug-likeness (QED) is 0.844. The zero-order chi connectivity index (χ0) is 11.5. The Morgan fingerprint density at radius 3 is 2.81 bits per heavy atom. The zero-order valence-electron chi connectivity index (χ0n) is 8.83. The molecule has 0 fully saturated rings. The van der Waals surface area contributed by atoms with Crippen LogP contribution >= 0.6 is 28.1 Å². The molecule has 2 nitrogen and oxygen atoms in total. The number of rotatable bonds is 2.